The monoisotopic (exact) mass is 396 g/mol. The third kappa shape index (κ3) is 5.93. The summed E-state index contributed by atoms with van der Waals surface area (Å²) in [4.78, 5) is 12.3. The number of carbonyl (C=O) groups is 1. The zero-order valence-corrected chi connectivity index (χ0v) is 16.2. The second-order valence-electron chi connectivity index (χ2n) is 5.67. The number of halogens is 1. The molecular formula is C18H21ClN2O4S. The first-order valence-corrected chi connectivity index (χ1v) is 10.3. The summed E-state index contributed by atoms with van der Waals surface area (Å²) in [5, 5.41) is 3.12. The van der Waals surface area contributed by atoms with Crippen molar-refractivity contribution < 1.29 is 17.9 Å². The third-order valence-electron chi connectivity index (χ3n) is 3.39. The van der Waals surface area contributed by atoms with Crippen LogP contribution in [-0.4, -0.2) is 33.7 Å². The van der Waals surface area contributed by atoms with Crippen LogP contribution in [0.1, 0.15) is 13.3 Å². The van der Waals surface area contributed by atoms with Crippen LogP contribution in [0, 0.1) is 0 Å². The highest BCUT2D eigenvalue weighted by Crippen LogP contribution is 2.22. The van der Waals surface area contributed by atoms with E-state index in [2.05, 4.69) is 5.32 Å². The van der Waals surface area contributed by atoms with Crippen LogP contribution < -0.4 is 14.4 Å². The van der Waals surface area contributed by atoms with E-state index in [-0.39, 0.29) is 6.54 Å². The molecule has 1 amide bonds. The van der Waals surface area contributed by atoms with Crippen LogP contribution in [0.3, 0.4) is 0 Å². The molecule has 0 fully saturated rings. The van der Waals surface area contributed by atoms with Gasteiger partial charge in [0.25, 0.3) is 0 Å². The van der Waals surface area contributed by atoms with E-state index in [4.69, 9.17) is 16.3 Å². The fourth-order valence-corrected chi connectivity index (χ4v) is 3.27. The fourth-order valence-electron chi connectivity index (χ4n) is 2.23. The standard InChI is InChI=1S/C18H21ClN2O4S/c1-3-11-25-17-9-7-16(8-10-17)21(26(2,23)24)13-18(22)20-15-6-4-5-14(19)12-15/h4-10,12H,3,11,13H2,1-2H3,(H,20,22). The Hall–Kier alpha value is -2.25. The third-order valence-corrected chi connectivity index (χ3v) is 4.77. The number of rotatable bonds is 8. The maximum absolute atomic E-state index is 12.3. The van der Waals surface area contributed by atoms with Gasteiger partial charge < -0.3 is 10.1 Å². The number of carbonyl (C=O) groups excluding carboxylic acids is 1. The molecule has 0 spiro atoms. The molecule has 0 aliphatic rings. The van der Waals surface area contributed by atoms with Crippen LogP contribution in [0.4, 0.5) is 11.4 Å². The summed E-state index contributed by atoms with van der Waals surface area (Å²) in [6.07, 6.45) is 1.93. The molecule has 0 saturated carbocycles. The van der Waals surface area contributed by atoms with Gasteiger partial charge in [-0.25, -0.2) is 8.42 Å². The van der Waals surface area contributed by atoms with Crippen LogP contribution in [0.5, 0.6) is 5.75 Å². The Bertz CT molecular complexity index is 854. The number of nitrogens with zero attached hydrogens (tertiary/aromatic N) is 1. The normalized spacial score (nSPS) is 11.0. The van der Waals surface area contributed by atoms with Gasteiger partial charge in [0, 0.05) is 10.7 Å². The predicted octanol–water partition coefficient (Wildman–Crippen LogP) is 3.53. The van der Waals surface area contributed by atoms with Crippen molar-refractivity contribution in [3.63, 3.8) is 0 Å². The van der Waals surface area contributed by atoms with Gasteiger partial charge in [-0.2, -0.15) is 0 Å². The van der Waals surface area contributed by atoms with Crippen molar-refractivity contribution in [1.29, 1.82) is 0 Å². The van der Waals surface area contributed by atoms with E-state index in [9.17, 15) is 13.2 Å². The Labute approximate surface area is 158 Å². The molecule has 6 nitrogen and oxygen atoms in total. The van der Waals surface area contributed by atoms with Crippen LogP contribution in [0.15, 0.2) is 48.5 Å². The highest BCUT2D eigenvalue weighted by molar-refractivity contribution is 7.92. The summed E-state index contributed by atoms with van der Waals surface area (Å²) in [6, 6.07) is 13.2. The first-order valence-electron chi connectivity index (χ1n) is 8.05. The van der Waals surface area contributed by atoms with E-state index in [1.165, 1.54) is 0 Å². The van der Waals surface area contributed by atoms with Crippen molar-refractivity contribution in [2.45, 2.75) is 13.3 Å². The molecule has 140 valence electrons. The number of hydrogen-bond donors (Lipinski definition) is 1. The molecule has 0 unspecified atom stereocenters. The van der Waals surface area contributed by atoms with Gasteiger partial charge in [-0.05, 0) is 48.9 Å². The first-order chi connectivity index (χ1) is 12.3. The van der Waals surface area contributed by atoms with Crippen molar-refractivity contribution in [2.75, 3.05) is 29.0 Å². The first kappa shape index (κ1) is 20.1. The number of sulfonamides is 1. The van der Waals surface area contributed by atoms with E-state index in [1.54, 1.807) is 48.5 Å². The number of anilines is 2. The number of hydrogen-bond acceptors (Lipinski definition) is 4. The lowest BCUT2D eigenvalue weighted by molar-refractivity contribution is -0.114. The molecule has 8 heteroatoms. The quantitative estimate of drug-likeness (QED) is 0.740. The van der Waals surface area contributed by atoms with E-state index in [0.717, 1.165) is 17.0 Å². The Morgan fingerprint density at radius 2 is 1.88 bits per heavy atom. The molecule has 2 aromatic carbocycles. The molecular weight excluding hydrogens is 376 g/mol. The lowest BCUT2D eigenvalue weighted by Gasteiger charge is -2.22. The summed E-state index contributed by atoms with van der Waals surface area (Å²) < 4.78 is 30.8. The molecule has 0 aliphatic carbocycles. The van der Waals surface area contributed by atoms with Crippen molar-refractivity contribution in [1.82, 2.24) is 0 Å². The van der Waals surface area contributed by atoms with E-state index in [0.29, 0.717) is 28.8 Å². The van der Waals surface area contributed by atoms with Crippen molar-refractivity contribution in [2.24, 2.45) is 0 Å². The second kappa shape index (κ2) is 8.91. The Kier molecular flexibility index (Phi) is 6.88. The topological polar surface area (TPSA) is 75.7 Å². The minimum Gasteiger partial charge on any atom is -0.494 e. The van der Waals surface area contributed by atoms with Gasteiger partial charge in [0.15, 0.2) is 0 Å². The van der Waals surface area contributed by atoms with Gasteiger partial charge in [-0.15, -0.1) is 0 Å². The molecule has 0 bridgehead atoms. The number of benzene rings is 2. The second-order valence-corrected chi connectivity index (χ2v) is 8.01. The average Bonchev–Trinajstić information content (AvgIpc) is 2.57. The lowest BCUT2D eigenvalue weighted by atomic mass is 10.3. The van der Waals surface area contributed by atoms with Crippen LogP contribution in [0.2, 0.25) is 5.02 Å². The fraction of sp³-hybridized carbons (Fsp3) is 0.278. The molecule has 0 heterocycles. The lowest BCUT2D eigenvalue weighted by Crippen LogP contribution is -2.37. The summed E-state index contributed by atoms with van der Waals surface area (Å²) >= 11 is 5.88. The largest absolute Gasteiger partial charge is 0.494 e. The summed E-state index contributed by atoms with van der Waals surface area (Å²) in [7, 11) is -3.64. The maximum Gasteiger partial charge on any atom is 0.245 e. The zero-order valence-electron chi connectivity index (χ0n) is 14.6. The summed E-state index contributed by atoms with van der Waals surface area (Å²) in [6.45, 7) is 2.23. The minimum atomic E-state index is -3.64. The van der Waals surface area contributed by atoms with Crippen molar-refractivity contribution in [3.05, 3.63) is 53.6 Å². The van der Waals surface area contributed by atoms with E-state index >= 15 is 0 Å². The number of amides is 1. The molecule has 26 heavy (non-hydrogen) atoms. The SMILES string of the molecule is CCCOc1ccc(N(CC(=O)Nc2cccc(Cl)c2)S(C)(=O)=O)cc1. The van der Waals surface area contributed by atoms with Gasteiger partial charge in [-0.1, -0.05) is 24.6 Å². The molecule has 0 saturated heterocycles. The molecule has 0 atom stereocenters. The van der Waals surface area contributed by atoms with Crippen molar-refractivity contribution in [3.8, 4) is 5.75 Å². The molecule has 1 N–H and O–H groups in total. The molecule has 0 aliphatic heterocycles. The maximum atomic E-state index is 12.3. The highest BCUT2D eigenvalue weighted by Gasteiger charge is 2.21. The number of nitrogens with one attached hydrogen (secondary N) is 1. The highest BCUT2D eigenvalue weighted by atomic mass is 35.5. The smallest absolute Gasteiger partial charge is 0.245 e. The van der Waals surface area contributed by atoms with Gasteiger partial charge in [-0.3, -0.25) is 9.10 Å². The Morgan fingerprint density at radius 1 is 1.19 bits per heavy atom. The Balaban J connectivity index is 2.13. The van der Waals surface area contributed by atoms with Gasteiger partial charge >= 0.3 is 0 Å². The van der Waals surface area contributed by atoms with E-state index in [1.807, 2.05) is 6.92 Å². The van der Waals surface area contributed by atoms with Crippen LogP contribution in [0.25, 0.3) is 0 Å². The summed E-state index contributed by atoms with van der Waals surface area (Å²) in [5.74, 6) is 0.177. The van der Waals surface area contributed by atoms with Crippen LogP contribution >= 0.6 is 11.6 Å². The molecule has 2 aromatic rings. The molecule has 0 radical (unpaired) electrons. The van der Waals surface area contributed by atoms with Gasteiger partial charge in [0.1, 0.15) is 12.3 Å². The van der Waals surface area contributed by atoms with Crippen LogP contribution in [-0.2, 0) is 14.8 Å². The van der Waals surface area contributed by atoms with Gasteiger partial charge in [0.05, 0.1) is 18.6 Å². The zero-order chi connectivity index (χ0) is 19.2. The molecule has 2 rings (SSSR count). The summed E-state index contributed by atoms with van der Waals surface area (Å²) in [5.41, 5.74) is 0.886. The Morgan fingerprint density at radius 3 is 2.46 bits per heavy atom. The minimum absolute atomic E-state index is 0.347. The number of ether oxygens (including phenoxy) is 1. The van der Waals surface area contributed by atoms with Crippen molar-refractivity contribution >= 4 is 38.9 Å². The average molecular weight is 397 g/mol. The van der Waals surface area contributed by atoms with Gasteiger partial charge in [0.2, 0.25) is 15.9 Å². The predicted molar refractivity (Wildman–Crippen MR) is 104 cm³/mol. The van der Waals surface area contributed by atoms with E-state index < -0.39 is 15.9 Å². The molecule has 0 aromatic heterocycles.